The minimum absolute atomic E-state index is 0.286. The molecule has 0 aliphatic carbocycles. The van der Waals surface area contributed by atoms with E-state index in [1.807, 2.05) is 41.8 Å². The molecule has 4 nitrogen and oxygen atoms in total. The second-order valence-corrected chi connectivity index (χ2v) is 6.83. The predicted octanol–water partition coefficient (Wildman–Crippen LogP) is 3.48. The lowest BCUT2D eigenvalue weighted by molar-refractivity contribution is -0.126. The van der Waals surface area contributed by atoms with E-state index >= 15 is 0 Å². The molecule has 1 fully saturated rings. The number of hydrogen-bond donors (Lipinski definition) is 1. The van der Waals surface area contributed by atoms with E-state index in [0.717, 1.165) is 14.9 Å². The first-order chi connectivity index (χ1) is 10.0. The van der Waals surface area contributed by atoms with E-state index < -0.39 is 5.54 Å². The van der Waals surface area contributed by atoms with Gasteiger partial charge in [0, 0.05) is 9.35 Å². The number of rotatable bonds is 3. The Kier molecular flexibility index (Phi) is 3.59. The van der Waals surface area contributed by atoms with Crippen LogP contribution in [0, 0.1) is 0 Å². The fourth-order valence-electron chi connectivity index (χ4n) is 2.47. The molecule has 2 heterocycles. The first-order valence-electron chi connectivity index (χ1n) is 6.44. The van der Waals surface area contributed by atoms with Gasteiger partial charge in [-0.3, -0.25) is 10.1 Å². The van der Waals surface area contributed by atoms with Gasteiger partial charge in [0.15, 0.2) is 0 Å². The normalized spacial score (nSPS) is 21.7. The van der Waals surface area contributed by atoms with E-state index in [4.69, 9.17) is 0 Å². The average molecular weight is 365 g/mol. The summed E-state index contributed by atoms with van der Waals surface area (Å²) < 4.78 is 0.954. The largest absolute Gasteiger partial charge is 0.325 e. The SMILES string of the molecule is CC1(c2ccccc2)C(=O)NC(=O)N1Cc1sccc1Br. The zero-order valence-corrected chi connectivity index (χ0v) is 13.7. The molecule has 1 aliphatic rings. The average Bonchev–Trinajstić information content (AvgIpc) is 2.98. The van der Waals surface area contributed by atoms with Crippen LogP contribution in [-0.4, -0.2) is 16.8 Å². The van der Waals surface area contributed by atoms with Gasteiger partial charge in [-0.05, 0) is 39.9 Å². The van der Waals surface area contributed by atoms with Crippen LogP contribution in [0.4, 0.5) is 4.79 Å². The van der Waals surface area contributed by atoms with Crippen molar-refractivity contribution in [1.29, 1.82) is 0 Å². The fourth-order valence-corrected chi connectivity index (χ4v) is 3.94. The molecule has 0 bridgehead atoms. The third-order valence-electron chi connectivity index (χ3n) is 3.78. The lowest BCUT2D eigenvalue weighted by atomic mass is 9.90. The summed E-state index contributed by atoms with van der Waals surface area (Å²) >= 11 is 5.03. The monoisotopic (exact) mass is 364 g/mol. The van der Waals surface area contributed by atoms with Gasteiger partial charge in [0.2, 0.25) is 0 Å². The highest BCUT2D eigenvalue weighted by molar-refractivity contribution is 9.10. The summed E-state index contributed by atoms with van der Waals surface area (Å²) in [6, 6.07) is 11.0. The van der Waals surface area contributed by atoms with Crippen LogP contribution in [0.15, 0.2) is 46.3 Å². The van der Waals surface area contributed by atoms with Crippen molar-refractivity contribution in [3.05, 3.63) is 56.7 Å². The maximum absolute atomic E-state index is 12.3. The molecule has 6 heteroatoms. The number of benzene rings is 1. The van der Waals surface area contributed by atoms with Crippen molar-refractivity contribution < 1.29 is 9.59 Å². The van der Waals surface area contributed by atoms with Crippen molar-refractivity contribution in [1.82, 2.24) is 10.2 Å². The smallest absolute Gasteiger partial charge is 0.301 e. The molecule has 108 valence electrons. The number of thiophene rings is 1. The molecule has 0 radical (unpaired) electrons. The molecule has 1 aromatic heterocycles. The van der Waals surface area contributed by atoms with Crippen LogP contribution in [0.3, 0.4) is 0 Å². The minimum Gasteiger partial charge on any atom is -0.301 e. The van der Waals surface area contributed by atoms with Gasteiger partial charge in [-0.1, -0.05) is 30.3 Å². The third kappa shape index (κ3) is 2.28. The van der Waals surface area contributed by atoms with Gasteiger partial charge in [0.05, 0.1) is 6.54 Å². The van der Waals surface area contributed by atoms with Crippen molar-refractivity contribution in [3.8, 4) is 0 Å². The Labute approximate surface area is 134 Å². The number of carbonyl (C=O) groups is 2. The van der Waals surface area contributed by atoms with Crippen LogP contribution in [0.25, 0.3) is 0 Å². The first-order valence-corrected chi connectivity index (χ1v) is 8.11. The minimum atomic E-state index is -0.984. The Morgan fingerprint density at radius 3 is 2.57 bits per heavy atom. The topological polar surface area (TPSA) is 49.4 Å². The molecule has 1 N–H and O–H groups in total. The number of amides is 3. The molecule has 1 aliphatic heterocycles. The molecule has 3 amide bonds. The van der Waals surface area contributed by atoms with E-state index in [0.29, 0.717) is 6.54 Å². The molecule has 0 spiro atoms. The number of carbonyl (C=O) groups excluding carboxylic acids is 2. The number of halogens is 1. The third-order valence-corrected chi connectivity index (χ3v) is 5.69. The molecule has 21 heavy (non-hydrogen) atoms. The van der Waals surface area contributed by atoms with E-state index in [-0.39, 0.29) is 11.9 Å². The van der Waals surface area contributed by atoms with Gasteiger partial charge in [0.1, 0.15) is 5.54 Å². The van der Waals surface area contributed by atoms with E-state index in [2.05, 4.69) is 21.2 Å². The summed E-state index contributed by atoms with van der Waals surface area (Å²) in [6.45, 7) is 2.17. The van der Waals surface area contributed by atoms with Gasteiger partial charge in [0.25, 0.3) is 5.91 Å². The number of hydrogen-bond acceptors (Lipinski definition) is 3. The summed E-state index contributed by atoms with van der Waals surface area (Å²) in [6.07, 6.45) is 0. The molecular weight excluding hydrogens is 352 g/mol. The van der Waals surface area contributed by atoms with Gasteiger partial charge in [-0.25, -0.2) is 4.79 Å². The van der Waals surface area contributed by atoms with Crippen molar-refractivity contribution in [2.75, 3.05) is 0 Å². The summed E-state index contributed by atoms with van der Waals surface area (Å²) in [5, 5.41) is 4.38. The van der Waals surface area contributed by atoms with Crippen molar-refractivity contribution in [3.63, 3.8) is 0 Å². The van der Waals surface area contributed by atoms with Gasteiger partial charge < -0.3 is 4.90 Å². The number of nitrogens with one attached hydrogen (secondary N) is 1. The maximum atomic E-state index is 12.3. The fraction of sp³-hybridized carbons (Fsp3) is 0.200. The van der Waals surface area contributed by atoms with Crippen LogP contribution in [0.5, 0.6) is 0 Å². The number of urea groups is 1. The van der Waals surface area contributed by atoms with E-state index in [1.165, 1.54) is 0 Å². The summed E-state index contributed by atoms with van der Waals surface area (Å²) in [5.74, 6) is -0.286. The second kappa shape index (κ2) is 5.27. The molecular formula is C15H13BrN2O2S. The summed E-state index contributed by atoms with van der Waals surface area (Å²) in [4.78, 5) is 27.1. The molecule has 3 rings (SSSR count). The van der Waals surface area contributed by atoms with Crippen LogP contribution in [-0.2, 0) is 16.9 Å². The molecule has 1 saturated heterocycles. The zero-order chi connectivity index (χ0) is 15.0. The highest BCUT2D eigenvalue weighted by Gasteiger charge is 2.50. The van der Waals surface area contributed by atoms with Gasteiger partial charge in [-0.2, -0.15) is 0 Å². The Balaban J connectivity index is 2.02. The lowest BCUT2D eigenvalue weighted by Gasteiger charge is -2.32. The Morgan fingerprint density at radius 1 is 1.24 bits per heavy atom. The van der Waals surface area contributed by atoms with Gasteiger partial charge in [-0.15, -0.1) is 11.3 Å². The zero-order valence-electron chi connectivity index (χ0n) is 11.3. The number of imide groups is 1. The predicted molar refractivity (Wildman–Crippen MR) is 84.9 cm³/mol. The molecule has 1 atom stereocenters. The quantitative estimate of drug-likeness (QED) is 0.847. The molecule has 2 aromatic rings. The van der Waals surface area contributed by atoms with Crippen molar-refractivity contribution >= 4 is 39.2 Å². The lowest BCUT2D eigenvalue weighted by Crippen LogP contribution is -2.43. The second-order valence-electron chi connectivity index (χ2n) is 4.98. The Morgan fingerprint density at radius 2 is 1.95 bits per heavy atom. The van der Waals surface area contributed by atoms with E-state index in [1.54, 1.807) is 23.2 Å². The number of nitrogens with zero attached hydrogens (tertiary/aromatic N) is 1. The van der Waals surface area contributed by atoms with E-state index in [9.17, 15) is 9.59 Å². The molecule has 0 saturated carbocycles. The highest BCUT2D eigenvalue weighted by atomic mass is 79.9. The van der Waals surface area contributed by atoms with Crippen LogP contribution in [0.1, 0.15) is 17.4 Å². The Bertz CT molecular complexity index is 701. The van der Waals surface area contributed by atoms with Crippen molar-refractivity contribution in [2.45, 2.75) is 19.0 Å². The van der Waals surface area contributed by atoms with Crippen LogP contribution < -0.4 is 5.32 Å². The standard InChI is InChI=1S/C15H13BrN2O2S/c1-15(10-5-3-2-4-6-10)13(19)17-14(20)18(15)9-12-11(16)7-8-21-12/h2-8H,9H2,1H3,(H,17,19,20). The summed E-state index contributed by atoms with van der Waals surface area (Å²) in [5.41, 5.74) is -0.178. The van der Waals surface area contributed by atoms with Crippen LogP contribution in [0.2, 0.25) is 0 Å². The van der Waals surface area contributed by atoms with Gasteiger partial charge >= 0.3 is 6.03 Å². The van der Waals surface area contributed by atoms with Crippen molar-refractivity contribution in [2.24, 2.45) is 0 Å². The summed E-state index contributed by atoms with van der Waals surface area (Å²) in [7, 11) is 0. The van der Waals surface area contributed by atoms with Crippen LogP contribution >= 0.6 is 27.3 Å². The first kappa shape index (κ1) is 14.3. The molecule has 1 unspecified atom stereocenters. The maximum Gasteiger partial charge on any atom is 0.325 e. The Hall–Kier alpha value is -1.66. The molecule has 1 aromatic carbocycles. The highest BCUT2D eigenvalue weighted by Crippen LogP contribution is 2.36.